The van der Waals surface area contributed by atoms with Gasteiger partial charge < -0.3 is 9.47 Å². The molecular formula is C13H19NO4. The molecule has 1 rings (SSSR count). The Morgan fingerprint density at radius 1 is 1.33 bits per heavy atom. The molecule has 0 aromatic carbocycles. The molecular weight excluding hydrogens is 234 g/mol. The average Bonchev–Trinajstić information content (AvgIpc) is 2.69. The summed E-state index contributed by atoms with van der Waals surface area (Å²) < 4.78 is 9.94. The zero-order chi connectivity index (χ0) is 13.9. The molecule has 1 fully saturated rings. The second kappa shape index (κ2) is 5.30. The van der Waals surface area contributed by atoms with Crippen LogP contribution in [0.4, 0.5) is 4.79 Å². The maximum Gasteiger partial charge on any atom is 0.412 e. The summed E-state index contributed by atoms with van der Waals surface area (Å²) in [5.74, 6) is 2.05. The molecule has 100 valence electrons. The molecule has 0 saturated carbocycles. The first-order chi connectivity index (χ1) is 8.30. The average molecular weight is 253 g/mol. The van der Waals surface area contributed by atoms with E-state index in [4.69, 9.17) is 11.2 Å². The lowest BCUT2D eigenvalue weighted by molar-refractivity contribution is -0.145. The lowest BCUT2D eigenvalue weighted by atomic mass is 10.2. The SMILES string of the molecule is C#C[C@H]1CC[C@@H](C(=O)OC)N1C(=O)OC(C)(C)C. The van der Waals surface area contributed by atoms with Gasteiger partial charge in [-0.1, -0.05) is 5.92 Å². The van der Waals surface area contributed by atoms with Crippen LogP contribution >= 0.6 is 0 Å². The first kappa shape index (κ1) is 14.4. The predicted octanol–water partition coefficient (Wildman–Crippen LogP) is 1.56. The van der Waals surface area contributed by atoms with Gasteiger partial charge in [0.15, 0.2) is 0 Å². The van der Waals surface area contributed by atoms with Crippen LogP contribution in [0, 0.1) is 12.3 Å². The molecule has 0 spiro atoms. The van der Waals surface area contributed by atoms with Crippen molar-refractivity contribution in [1.82, 2.24) is 4.90 Å². The molecule has 0 unspecified atom stereocenters. The van der Waals surface area contributed by atoms with Gasteiger partial charge in [-0.25, -0.2) is 9.59 Å². The Hall–Kier alpha value is -1.70. The summed E-state index contributed by atoms with van der Waals surface area (Å²) in [4.78, 5) is 25.0. The third kappa shape index (κ3) is 3.16. The number of hydrogen-bond acceptors (Lipinski definition) is 4. The number of rotatable bonds is 1. The highest BCUT2D eigenvalue weighted by molar-refractivity contribution is 5.82. The van der Waals surface area contributed by atoms with E-state index in [0.29, 0.717) is 12.8 Å². The lowest BCUT2D eigenvalue weighted by Crippen LogP contribution is -2.47. The molecule has 0 aromatic heterocycles. The van der Waals surface area contributed by atoms with E-state index in [-0.39, 0.29) is 0 Å². The van der Waals surface area contributed by atoms with Gasteiger partial charge in [0, 0.05) is 0 Å². The van der Waals surface area contributed by atoms with E-state index in [9.17, 15) is 9.59 Å². The largest absolute Gasteiger partial charge is 0.467 e. The molecule has 1 heterocycles. The zero-order valence-corrected chi connectivity index (χ0v) is 11.2. The fourth-order valence-corrected chi connectivity index (χ4v) is 1.91. The molecule has 0 bridgehead atoms. The van der Waals surface area contributed by atoms with Gasteiger partial charge in [-0.15, -0.1) is 6.42 Å². The van der Waals surface area contributed by atoms with Gasteiger partial charge in [0.25, 0.3) is 0 Å². The molecule has 0 radical (unpaired) electrons. The maximum atomic E-state index is 12.1. The van der Waals surface area contributed by atoms with Gasteiger partial charge >= 0.3 is 12.1 Å². The Balaban J connectivity index is 2.88. The number of carbonyl (C=O) groups excluding carboxylic acids is 2. The minimum Gasteiger partial charge on any atom is -0.467 e. The van der Waals surface area contributed by atoms with Gasteiger partial charge in [0.05, 0.1) is 13.2 Å². The van der Waals surface area contributed by atoms with Crippen molar-refractivity contribution < 1.29 is 19.1 Å². The molecule has 5 heteroatoms. The second-order valence-electron chi connectivity index (χ2n) is 5.19. The number of amides is 1. The van der Waals surface area contributed by atoms with E-state index in [2.05, 4.69) is 10.7 Å². The smallest absolute Gasteiger partial charge is 0.412 e. The van der Waals surface area contributed by atoms with Crippen molar-refractivity contribution in [2.45, 2.75) is 51.3 Å². The Morgan fingerprint density at radius 3 is 2.39 bits per heavy atom. The van der Waals surface area contributed by atoms with Gasteiger partial charge in [-0.05, 0) is 33.6 Å². The highest BCUT2D eigenvalue weighted by Crippen LogP contribution is 2.26. The van der Waals surface area contributed by atoms with Gasteiger partial charge in [0.2, 0.25) is 0 Å². The third-order valence-electron chi connectivity index (χ3n) is 2.66. The molecule has 1 aliphatic heterocycles. The van der Waals surface area contributed by atoms with Crippen molar-refractivity contribution in [3.8, 4) is 12.3 Å². The van der Waals surface area contributed by atoms with E-state index >= 15 is 0 Å². The predicted molar refractivity (Wildman–Crippen MR) is 65.7 cm³/mol. The van der Waals surface area contributed by atoms with E-state index in [1.807, 2.05) is 0 Å². The maximum absolute atomic E-state index is 12.1. The quantitative estimate of drug-likeness (QED) is 0.525. The van der Waals surface area contributed by atoms with Crippen molar-refractivity contribution >= 4 is 12.1 Å². The van der Waals surface area contributed by atoms with Crippen LogP contribution in [-0.2, 0) is 14.3 Å². The van der Waals surface area contributed by atoms with E-state index in [1.54, 1.807) is 20.8 Å². The zero-order valence-electron chi connectivity index (χ0n) is 11.2. The summed E-state index contributed by atoms with van der Waals surface area (Å²) in [5, 5.41) is 0. The van der Waals surface area contributed by atoms with Crippen LogP contribution in [0.2, 0.25) is 0 Å². The number of carbonyl (C=O) groups is 2. The topological polar surface area (TPSA) is 55.8 Å². The normalized spacial score (nSPS) is 23.4. The van der Waals surface area contributed by atoms with Gasteiger partial charge in [-0.2, -0.15) is 0 Å². The van der Waals surface area contributed by atoms with Crippen LogP contribution in [0.3, 0.4) is 0 Å². The fraction of sp³-hybridized carbons (Fsp3) is 0.692. The second-order valence-corrected chi connectivity index (χ2v) is 5.19. The minimum absolute atomic E-state index is 0.413. The minimum atomic E-state index is -0.647. The van der Waals surface area contributed by atoms with Crippen molar-refractivity contribution in [3.05, 3.63) is 0 Å². The molecule has 2 atom stereocenters. The van der Waals surface area contributed by atoms with Crippen molar-refractivity contribution in [2.24, 2.45) is 0 Å². The first-order valence-electron chi connectivity index (χ1n) is 5.85. The highest BCUT2D eigenvalue weighted by atomic mass is 16.6. The third-order valence-corrected chi connectivity index (χ3v) is 2.66. The summed E-state index contributed by atoms with van der Waals surface area (Å²) >= 11 is 0. The van der Waals surface area contributed by atoms with Crippen LogP contribution < -0.4 is 0 Å². The number of hydrogen-bond donors (Lipinski definition) is 0. The first-order valence-corrected chi connectivity index (χ1v) is 5.85. The molecule has 0 aromatic rings. The highest BCUT2D eigenvalue weighted by Gasteiger charge is 2.42. The van der Waals surface area contributed by atoms with Gasteiger partial charge in [-0.3, -0.25) is 4.90 Å². The lowest BCUT2D eigenvalue weighted by Gasteiger charge is -2.29. The van der Waals surface area contributed by atoms with Crippen LogP contribution in [0.1, 0.15) is 33.6 Å². The summed E-state index contributed by atoms with van der Waals surface area (Å²) in [6.45, 7) is 5.29. The number of nitrogens with zero attached hydrogens (tertiary/aromatic N) is 1. The molecule has 0 aliphatic carbocycles. The number of ether oxygens (including phenoxy) is 2. The fourth-order valence-electron chi connectivity index (χ4n) is 1.91. The molecule has 1 aliphatic rings. The summed E-state index contributed by atoms with van der Waals surface area (Å²) in [6.07, 6.45) is 5.89. The Labute approximate surface area is 107 Å². The van der Waals surface area contributed by atoms with Gasteiger partial charge in [0.1, 0.15) is 11.6 Å². The summed E-state index contributed by atoms with van der Waals surface area (Å²) in [5.41, 5.74) is -0.626. The summed E-state index contributed by atoms with van der Waals surface area (Å²) in [7, 11) is 1.29. The molecule has 5 nitrogen and oxygen atoms in total. The number of terminal acetylenes is 1. The monoisotopic (exact) mass is 253 g/mol. The van der Waals surface area contributed by atoms with E-state index in [1.165, 1.54) is 12.0 Å². The standard InChI is InChI=1S/C13H19NO4/c1-6-9-7-8-10(11(15)17-5)14(9)12(16)18-13(2,3)4/h1,9-10H,7-8H2,2-5H3/t9-,10-/m0/s1. The Kier molecular flexibility index (Phi) is 4.23. The molecule has 1 amide bonds. The number of likely N-dealkylation sites (tertiary alicyclic amines) is 1. The van der Waals surface area contributed by atoms with E-state index in [0.717, 1.165) is 0 Å². The van der Waals surface area contributed by atoms with Crippen LogP contribution in [-0.4, -0.2) is 41.8 Å². The molecule has 1 saturated heterocycles. The van der Waals surface area contributed by atoms with Crippen molar-refractivity contribution in [2.75, 3.05) is 7.11 Å². The van der Waals surface area contributed by atoms with Crippen molar-refractivity contribution in [1.29, 1.82) is 0 Å². The number of esters is 1. The number of methoxy groups -OCH3 is 1. The van der Waals surface area contributed by atoms with Crippen LogP contribution in [0.15, 0.2) is 0 Å². The Bertz CT molecular complexity index is 377. The van der Waals surface area contributed by atoms with Crippen LogP contribution in [0.5, 0.6) is 0 Å². The van der Waals surface area contributed by atoms with Crippen molar-refractivity contribution in [3.63, 3.8) is 0 Å². The molecule has 18 heavy (non-hydrogen) atoms. The Morgan fingerprint density at radius 2 is 1.94 bits per heavy atom. The van der Waals surface area contributed by atoms with E-state index < -0.39 is 29.7 Å². The summed E-state index contributed by atoms with van der Waals surface area (Å²) in [6, 6.07) is -1.06. The van der Waals surface area contributed by atoms with Crippen LogP contribution in [0.25, 0.3) is 0 Å². The molecule has 0 N–H and O–H groups in total.